The van der Waals surface area contributed by atoms with Gasteiger partial charge in [-0.1, -0.05) is 11.6 Å². The molecule has 0 saturated carbocycles. The smallest absolute Gasteiger partial charge is 0.317 e. The van der Waals surface area contributed by atoms with Gasteiger partial charge in [0.1, 0.15) is 5.75 Å². The number of benzene rings is 1. The first kappa shape index (κ1) is 13.1. The van der Waals surface area contributed by atoms with Gasteiger partial charge in [0.2, 0.25) is 0 Å². The van der Waals surface area contributed by atoms with Crippen molar-refractivity contribution in [2.45, 2.75) is 6.04 Å². The molecule has 6 nitrogen and oxygen atoms in total. The van der Waals surface area contributed by atoms with E-state index in [0.717, 1.165) is 0 Å². The van der Waals surface area contributed by atoms with Crippen molar-refractivity contribution < 1.29 is 14.7 Å². The summed E-state index contributed by atoms with van der Waals surface area (Å²) in [4.78, 5) is 27.4. The van der Waals surface area contributed by atoms with Crippen LogP contribution in [0.4, 0.5) is 4.79 Å². The van der Waals surface area contributed by atoms with Crippen LogP contribution in [0.3, 0.4) is 0 Å². The Balaban J connectivity index is 1.78. The zero-order chi connectivity index (χ0) is 14.3. The standard InChI is InChI=1S/C13H14ClN3O3/c14-11-2-1-9(18)5-10(11)12(19)16-3-4-17-8(7-16)6-15-13(17)20/h1-2,5,8,18H,3-4,6-7H2,(H,15,20). The second-order valence-electron chi connectivity index (χ2n) is 4.95. The van der Waals surface area contributed by atoms with E-state index in [4.69, 9.17) is 11.6 Å². The van der Waals surface area contributed by atoms with Gasteiger partial charge in [0.05, 0.1) is 16.6 Å². The Labute approximate surface area is 120 Å². The van der Waals surface area contributed by atoms with E-state index >= 15 is 0 Å². The van der Waals surface area contributed by atoms with Gasteiger partial charge >= 0.3 is 6.03 Å². The number of aromatic hydroxyl groups is 1. The molecule has 2 heterocycles. The lowest BCUT2D eigenvalue weighted by molar-refractivity contribution is 0.0617. The molecule has 0 aromatic heterocycles. The van der Waals surface area contributed by atoms with Crippen LogP contribution in [0.5, 0.6) is 5.75 Å². The zero-order valence-corrected chi connectivity index (χ0v) is 11.4. The number of halogens is 1. The molecule has 3 amide bonds. The van der Waals surface area contributed by atoms with Gasteiger partial charge in [0.15, 0.2) is 0 Å². The molecule has 106 valence electrons. The number of phenolic OH excluding ortho intramolecular Hbond substituents is 1. The molecule has 2 N–H and O–H groups in total. The molecule has 1 unspecified atom stereocenters. The van der Waals surface area contributed by atoms with E-state index in [9.17, 15) is 14.7 Å². The molecule has 20 heavy (non-hydrogen) atoms. The van der Waals surface area contributed by atoms with Gasteiger partial charge in [-0.05, 0) is 18.2 Å². The third-order valence-electron chi connectivity index (χ3n) is 3.70. The van der Waals surface area contributed by atoms with Crippen LogP contribution in [0, 0.1) is 0 Å². The van der Waals surface area contributed by atoms with E-state index in [1.54, 1.807) is 9.80 Å². The normalized spacial score (nSPS) is 21.6. The SMILES string of the molecule is O=C(c1cc(O)ccc1Cl)N1CCN2C(=O)NCC2C1. The van der Waals surface area contributed by atoms with Gasteiger partial charge < -0.3 is 20.2 Å². The highest BCUT2D eigenvalue weighted by molar-refractivity contribution is 6.33. The van der Waals surface area contributed by atoms with Crippen molar-refractivity contribution in [3.05, 3.63) is 28.8 Å². The first-order valence-electron chi connectivity index (χ1n) is 6.38. The Bertz CT molecular complexity index is 578. The number of amides is 3. The van der Waals surface area contributed by atoms with Crippen molar-refractivity contribution in [2.75, 3.05) is 26.2 Å². The first-order chi connectivity index (χ1) is 9.56. The number of hydrogen-bond acceptors (Lipinski definition) is 3. The number of nitrogens with one attached hydrogen (secondary N) is 1. The molecule has 1 aromatic carbocycles. The van der Waals surface area contributed by atoms with Gasteiger partial charge in [0, 0.05) is 26.2 Å². The second-order valence-corrected chi connectivity index (χ2v) is 5.36. The molecule has 7 heteroatoms. The minimum Gasteiger partial charge on any atom is -0.508 e. The fourth-order valence-corrected chi connectivity index (χ4v) is 2.83. The molecule has 1 atom stereocenters. The summed E-state index contributed by atoms with van der Waals surface area (Å²) >= 11 is 6.01. The Morgan fingerprint density at radius 1 is 1.40 bits per heavy atom. The number of phenols is 1. The molecular weight excluding hydrogens is 282 g/mol. The van der Waals surface area contributed by atoms with Crippen LogP contribution in [0.2, 0.25) is 5.02 Å². The van der Waals surface area contributed by atoms with Crippen LogP contribution in [-0.2, 0) is 0 Å². The van der Waals surface area contributed by atoms with Crippen LogP contribution in [0.15, 0.2) is 18.2 Å². The summed E-state index contributed by atoms with van der Waals surface area (Å²) < 4.78 is 0. The molecule has 2 fully saturated rings. The minimum absolute atomic E-state index is 0.00842. The number of piperazine rings is 1. The van der Waals surface area contributed by atoms with Crippen LogP contribution in [0.1, 0.15) is 10.4 Å². The van der Waals surface area contributed by atoms with Crippen molar-refractivity contribution in [2.24, 2.45) is 0 Å². The molecule has 3 rings (SSSR count). The molecule has 2 saturated heterocycles. The van der Waals surface area contributed by atoms with Crippen LogP contribution in [0.25, 0.3) is 0 Å². The predicted octanol–water partition coefficient (Wildman–Crippen LogP) is 0.895. The summed E-state index contributed by atoms with van der Waals surface area (Å²) in [6.45, 7) is 2.01. The molecule has 1 aromatic rings. The average molecular weight is 296 g/mol. The summed E-state index contributed by atoms with van der Waals surface area (Å²) in [5.74, 6) is -0.209. The molecule has 0 radical (unpaired) electrons. The summed E-state index contributed by atoms with van der Waals surface area (Å²) in [6, 6.07) is 4.25. The van der Waals surface area contributed by atoms with Crippen LogP contribution in [-0.4, -0.2) is 59.1 Å². The lowest BCUT2D eigenvalue weighted by atomic mass is 10.1. The molecule has 2 aliphatic rings. The van der Waals surface area contributed by atoms with Gasteiger partial charge in [0.25, 0.3) is 5.91 Å². The third kappa shape index (κ3) is 2.16. The summed E-state index contributed by atoms with van der Waals surface area (Å²) in [7, 11) is 0. The summed E-state index contributed by atoms with van der Waals surface area (Å²) in [6.07, 6.45) is 0. The highest BCUT2D eigenvalue weighted by Gasteiger charge is 2.37. The summed E-state index contributed by atoms with van der Waals surface area (Å²) in [5.41, 5.74) is 0.289. The van der Waals surface area contributed by atoms with E-state index in [0.29, 0.717) is 31.2 Å². The topological polar surface area (TPSA) is 72.9 Å². The zero-order valence-electron chi connectivity index (χ0n) is 10.7. The fourth-order valence-electron chi connectivity index (χ4n) is 2.64. The number of fused-ring (bicyclic) bond motifs is 1. The molecular formula is C13H14ClN3O3. The molecule has 0 aliphatic carbocycles. The maximum Gasteiger partial charge on any atom is 0.317 e. The number of urea groups is 1. The fraction of sp³-hybridized carbons (Fsp3) is 0.385. The van der Waals surface area contributed by atoms with Crippen LogP contribution < -0.4 is 5.32 Å². The Morgan fingerprint density at radius 3 is 3.00 bits per heavy atom. The Kier molecular flexibility index (Phi) is 3.17. The summed E-state index contributed by atoms with van der Waals surface area (Å²) in [5, 5.41) is 12.6. The number of carbonyl (C=O) groups excluding carboxylic acids is 2. The number of nitrogens with zero attached hydrogens (tertiary/aromatic N) is 2. The van der Waals surface area contributed by atoms with E-state index < -0.39 is 0 Å². The lowest BCUT2D eigenvalue weighted by Crippen LogP contribution is -2.53. The third-order valence-corrected chi connectivity index (χ3v) is 4.03. The van der Waals surface area contributed by atoms with Crippen molar-refractivity contribution in [3.8, 4) is 5.75 Å². The average Bonchev–Trinajstić information content (AvgIpc) is 2.82. The molecule has 2 aliphatic heterocycles. The number of carbonyl (C=O) groups is 2. The van der Waals surface area contributed by atoms with E-state index in [1.165, 1.54) is 18.2 Å². The maximum atomic E-state index is 12.4. The largest absolute Gasteiger partial charge is 0.508 e. The van der Waals surface area contributed by atoms with Crippen molar-refractivity contribution in [1.82, 2.24) is 15.1 Å². The van der Waals surface area contributed by atoms with E-state index in [1.807, 2.05) is 0 Å². The van der Waals surface area contributed by atoms with E-state index in [-0.39, 0.29) is 29.3 Å². The number of rotatable bonds is 1. The van der Waals surface area contributed by atoms with Gasteiger partial charge in [-0.25, -0.2) is 4.79 Å². The first-order valence-corrected chi connectivity index (χ1v) is 6.76. The molecule has 0 spiro atoms. The Hall–Kier alpha value is -1.95. The van der Waals surface area contributed by atoms with E-state index in [2.05, 4.69) is 5.32 Å². The Morgan fingerprint density at radius 2 is 2.20 bits per heavy atom. The van der Waals surface area contributed by atoms with Crippen molar-refractivity contribution in [3.63, 3.8) is 0 Å². The van der Waals surface area contributed by atoms with Gasteiger partial charge in [-0.3, -0.25) is 4.79 Å². The second kappa shape index (κ2) is 4.86. The van der Waals surface area contributed by atoms with Gasteiger partial charge in [-0.15, -0.1) is 0 Å². The highest BCUT2D eigenvalue weighted by Crippen LogP contribution is 2.24. The molecule has 0 bridgehead atoms. The lowest BCUT2D eigenvalue weighted by Gasteiger charge is -2.36. The highest BCUT2D eigenvalue weighted by atomic mass is 35.5. The van der Waals surface area contributed by atoms with Crippen molar-refractivity contribution >= 4 is 23.5 Å². The predicted molar refractivity (Wildman–Crippen MR) is 72.9 cm³/mol. The minimum atomic E-state index is -0.218. The quantitative estimate of drug-likeness (QED) is 0.808. The van der Waals surface area contributed by atoms with Crippen LogP contribution >= 0.6 is 11.6 Å². The monoisotopic (exact) mass is 295 g/mol. The maximum absolute atomic E-state index is 12.4. The number of hydrogen-bond donors (Lipinski definition) is 2. The van der Waals surface area contributed by atoms with Crippen molar-refractivity contribution in [1.29, 1.82) is 0 Å². The van der Waals surface area contributed by atoms with Gasteiger partial charge in [-0.2, -0.15) is 0 Å².